The lowest BCUT2D eigenvalue weighted by molar-refractivity contribution is 0.706. The molecule has 0 nitrogen and oxygen atoms in total. The van der Waals surface area contributed by atoms with Crippen molar-refractivity contribution in [2.45, 2.75) is 37.5 Å². The summed E-state index contributed by atoms with van der Waals surface area (Å²) in [7, 11) is 0. The molecule has 0 aromatic heterocycles. The molecule has 0 spiro atoms. The van der Waals surface area contributed by atoms with Crippen molar-refractivity contribution < 1.29 is 0 Å². The quantitative estimate of drug-likeness (QED) is 0.117. The fourth-order valence-electron chi connectivity index (χ4n) is 15.9. The first-order valence-electron chi connectivity index (χ1n) is 18.9. The molecule has 0 radical (unpaired) electrons. The average Bonchev–Trinajstić information content (AvgIpc) is 3.93. The first-order chi connectivity index (χ1) is 24.8. The van der Waals surface area contributed by atoms with Crippen molar-refractivity contribution in [1.29, 1.82) is 0 Å². The third kappa shape index (κ3) is 1.43. The van der Waals surface area contributed by atoms with Crippen LogP contribution in [0.4, 0.5) is 0 Å². The zero-order valence-electron chi connectivity index (χ0n) is 26.6. The summed E-state index contributed by atoms with van der Waals surface area (Å²) in [5.41, 5.74) is 29.3. The van der Waals surface area contributed by atoms with Crippen molar-refractivity contribution in [3.8, 4) is 33.4 Å². The zero-order chi connectivity index (χ0) is 30.4. The van der Waals surface area contributed by atoms with Crippen LogP contribution >= 0.6 is 0 Å². The van der Waals surface area contributed by atoms with Crippen LogP contribution in [0.25, 0.3) is 130 Å². The minimum absolute atomic E-state index is 0.426. The van der Waals surface area contributed by atoms with Gasteiger partial charge in [0.15, 0.2) is 0 Å². The molecule has 0 saturated heterocycles. The smallest absolute Gasteiger partial charge is 0.0225 e. The number of hydrogen-bond donors (Lipinski definition) is 0. The molecular formula is C50H18. The molecule has 0 atom stereocenters. The SMILES string of the molecule is c1cc2c3c4c1Cc1cc5c6c7c(cc8cc9c%10c%11c(cc%12c%13c%14c%15c%16c%17c(c-4c1c6c%17c1c7c8c%10c1c%16c%13%11)C%15C3c1c-2ccc(c1-%14)C%12)C9)C5. The van der Waals surface area contributed by atoms with E-state index in [4.69, 9.17) is 0 Å². The molecule has 12 aromatic rings. The molecule has 0 aliphatic heterocycles. The molecule has 218 valence electrons. The first-order valence-corrected chi connectivity index (χ1v) is 18.9. The molecule has 0 heteroatoms. The second-order valence-corrected chi connectivity index (χ2v) is 17.9. The fourth-order valence-corrected chi connectivity index (χ4v) is 15.9. The van der Waals surface area contributed by atoms with Crippen LogP contribution in [0, 0.1) is 0 Å². The van der Waals surface area contributed by atoms with Gasteiger partial charge in [0, 0.05) is 11.8 Å². The topological polar surface area (TPSA) is 0 Å². The lowest BCUT2D eigenvalue weighted by Crippen LogP contribution is -2.24. The van der Waals surface area contributed by atoms with Crippen LogP contribution in [0.2, 0.25) is 0 Å². The van der Waals surface area contributed by atoms with Crippen molar-refractivity contribution >= 4 is 97.0 Å². The number of benzene rings is 11. The highest BCUT2D eigenvalue weighted by molar-refractivity contribution is 6.60. The van der Waals surface area contributed by atoms with E-state index >= 15 is 0 Å². The monoisotopic (exact) mass is 618 g/mol. The van der Waals surface area contributed by atoms with Gasteiger partial charge < -0.3 is 0 Å². The Bertz CT molecular complexity index is 3770. The van der Waals surface area contributed by atoms with Gasteiger partial charge in [-0.2, -0.15) is 0 Å². The number of rotatable bonds is 0. The standard InChI is InChI=1S/C50H18/c1-3-22-23-4-2-14-6-16-8-18-10-20-12-21-11-19-9-17-7-15-5-13(1)24-33(22)41-34(23)25(14)36-31(16)38-27(18)29(20)40-32(21)39-28(19)26(17)37-30(15)35(24)42-48(41)43(36)50-47(38)45(40)44(39)46(37)49(42)50/h1-4,7-8,11-12,41,48H,5-6,9-10H2. The second kappa shape index (κ2) is 5.35. The highest BCUT2D eigenvalue weighted by atomic mass is 14.6. The second-order valence-electron chi connectivity index (χ2n) is 17.9. The molecule has 0 saturated carbocycles. The predicted molar refractivity (Wildman–Crippen MR) is 205 cm³/mol. The fraction of sp³-hybridized carbons (Fsp3) is 0.120. The van der Waals surface area contributed by atoms with Crippen LogP contribution in [0.1, 0.15) is 78.6 Å². The summed E-state index contributed by atoms with van der Waals surface area (Å²) in [6.07, 6.45) is 4.30. The molecule has 50 heavy (non-hydrogen) atoms. The molecule has 0 amide bonds. The maximum Gasteiger partial charge on any atom is 0.0225 e. The van der Waals surface area contributed by atoms with E-state index in [0.29, 0.717) is 11.8 Å². The van der Waals surface area contributed by atoms with E-state index in [-0.39, 0.29) is 0 Å². The van der Waals surface area contributed by atoms with Crippen molar-refractivity contribution in [3.63, 3.8) is 0 Å². The lowest BCUT2D eigenvalue weighted by atomic mass is 9.60. The molecule has 0 heterocycles. The number of fused-ring (bicyclic) bond motifs is 1. The predicted octanol–water partition coefficient (Wildman–Crippen LogP) is 12.1. The normalized spacial score (nSPS) is 20.5. The Morgan fingerprint density at radius 3 is 1.18 bits per heavy atom. The largest absolute Gasteiger partial charge is 0.0574 e. The average molecular weight is 619 g/mol. The maximum atomic E-state index is 2.69. The summed E-state index contributed by atoms with van der Waals surface area (Å²) < 4.78 is 0. The molecule has 20 rings (SSSR count). The molecule has 0 bridgehead atoms. The van der Waals surface area contributed by atoms with E-state index in [0.717, 1.165) is 25.7 Å². The van der Waals surface area contributed by atoms with Gasteiger partial charge in [0.25, 0.3) is 0 Å². The van der Waals surface area contributed by atoms with Gasteiger partial charge in [-0.05, 0) is 223 Å². The highest BCUT2D eigenvalue weighted by Gasteiger charge is 2.55. The Kier molecular flexibility index (Phi) is 2.22. The van der Waals surface area contributed by atoms with Crippen LogP contribution in [-0.2, 0) is 25.7 Å². The van der Waals surface area contributed by atoms with Gasteiger partial charge in [0.1, 0.15) is 0 Å². The van der Waals surface area contributed by atoms with Crippen molar-refractivity contribution in [1.82, 2.24) is 0 Å². The van der Waals surface area contributed by atoms with Crippen LogP contribution in [0.5, 0.6) is 0 Å². The van der Waals surface area contributed by atoms with E-state index in [2.05, 4.69) is 48.5 Å². The first kappa shape index (κ1) is 20.7. The zero-order valence-corrected chi connectivity index (χ0v) is 26.6. The van der Waals surface area contributed by atoms with E-state index in [9.17, 15) is 0 Å². The Balaban J connectivity index is 1.30. The molecule has 8 aliphatic rings. The van der Waals surface area contributed by atoms with E-state index in [1.165, 1.54) is 5.39 Å². The molecule has 0 unspecified atom stereocenters. The van der Waals surface area contributed by atoms with Gasteiger partial charge in [-0.1, -0.05) is 48.5 Å². The Hall–Kier alpha value is -5.72. The minimum Gasteiger partial charge on any atom is -0.0574 e. The van der Waals surface area contributed by atoms with E-state index < -0.39 is 0 Å². The molecule has 0 fully saturated rings. The van der Waals surface area contributed by atoms with Gasteiger partial charge in [0.2, 0.25) is 0 Å². The summed E-state index contributed by atoms with van der Waals surface area (Å²) >= 11 is 0. The van der Waals surface area contributed by atoms with Crippen molar-refractivity contribution in [2.75, 3.05) is 0 Å². The minimum atomic E-state index is 0.426. The molecule has 12 aromatic carbocycles. The van der Waals surface area contributed by atoms with Crippen LogP contribution in [0.15, 0.2) is 48.5 Å². The summed E-state index contributed by atoms with van der Waals surface area (Å²) in [6.45, 7) is 0. The Morgan fingerprint density at radius 1 is 0.280 bits per heavy atom. The van der Waals surface area contributed by atoms with Gasteiger partial charge >= 0.3 is 0 Å². The molecule has 8 aliphatic carbocycles. The van der Waals surface area contributed by atoms with Crippen LogP contribution < -0.4 is 0 Å². The lowest BCUT2D eigenvalue weighted by Gasteiger charge is -2.41. The summed E-state index contributed by atoms with van der Waals surface area (Å²) in [6, 6.07) is 20.8. The number of hydrogen-bond acceptors (Lipinski definition) is 0. The van der Waals surface area contributed by atoms with Gasteiger partial charge in [-0.3, -0.25) is 0 Å². The van der Waals surface area contributed by atoms with Gasteiger partial charge in [-0.25, -0.2) is 0 Å². The van der Waals surface area contributed by atoms with Crippen molar-refractivity contribution in [3.05, 3.63) is 115 Å². The molecular weight excluding hydrogens is 601 g/mol. The van der Waals surface area contributed by atoms with Crippen molar-refractivity contribution in [2.24, 2.45) is 0 Å². The van der Waals surface area contributed by atoms with Crippen LogP contribution in [0.3, 0.4) is 0 Å². The van der Waals surface area contributed by atoms with Gasteiger partial charge in [-0.15, -0.1) is 0 Å². The summed E-state index contributed by atoms with van der Waals surface area (Å²) in [5.74, 6) is 0.876. The summed E-state index contributed by atoms with van der Waals surface area (Å²) in [4.78, 5) is 0. The Labute approximate surface area is 282 Å². The Morgan fingerprint density at radius 2 is 0.660 bits per heavy atom. The third-order valence-electron chi connectivity index (χ3n) is 16.7. The maximum absolute atomic E-state index is 2.69. The van der Waals surface area contributed by atoms with E-state index in [1.807, 2.05) is 0 Å². The van der Waals surface area contributed by atoms with E-state index in [1.54, 1.807) is 192 Å². The van der Waals surface area contributed by atoms with Crippen LogP contribution in [-0.4, -0.2) is 0 Å². The molecule has 0 N–H and O–H groups in total. The summed E-state index contributed by atoms with van der Waals surface area (Å²) in [5, 5.41) is 29.4. The third-order valence-corrected chi connectivity index (χ3v) is 16.7. The highest BCUT2D eigenvalue weighted by Crippen LogP contribution is 2.76. The van der Waals surface area contributed by atoms with Gasteiger partial charge in [0.05, 0.1) is 0 Å².